The number of nitrogens with two attached hydrogens (primary N) is 1. The molecule has 1 unspecified atom stereocenters. The predicted octanol–water partition coefficient (Wildman–Crippen LogP) is 0.445. The third kappa shape index (κ3) is 4.57. The largest absolute Gasteiger partial charge is 0.354 e. The second-order valence-electron chi connectivity index (χ2n) is 5.32. The SMILES string of the molecule is CCC(N)(CC)CNC(=O)CC1CCS(=O)(=O)C1. The molecule has 1 atom stereocenters. The number of amides is 1. The molecule has 0 radical (unpaired) electrons. The Bertz CT molecular complexity index is 388. The normalized spacial score (nSPS) is 22.9. The van der Waals surface area contributed by atoms with E-state index in [-0.39, 0.29) is 28.9 Å². The standard InChI is InChI=1S/C12H24N2O3S/c1-3-12(13,4-2)9-14-11(15)7-10-5-6-18(16,17)8-10/h10H,3-9,13H2,1-2H3,(H,14,15). The van der Waals surface area contributed by atoms with Gasteiger partial charge in [-0.15, -0.1) is 0 Å². The van der Waals surface area contributed by atoms with Crippen molar-refractivity contribution in [2.45, 2.75) is 45.1 Å². The van der Waals surface area contributed by atoms with E-state index in [0.717, 1.165) is 12.8 Å². The van der Waals surface area contributed by atoms with Gasteiger partial charge in [0.1, 0.15) is 0 Å². The molecule has 0 bridgehead atoms. The van der Waals surface area contributed by atoms with E-state index in [9.17, 15) is 13.2 Å². The summed E-state index contributed by atoms with van der Waals surface area (Å²) >= 11 is 0. The molecular weight excluding hydrogens is 252 g/mol. The van der Waals surface area contributed by atoms with Crippen LogP contribution in [0.3, 0.4) is 0 Å². The molecule has 0 aliphatic carbocycles. The van der Waals surface area contributed by atoms with Crippen molar-refractivity contribution in [3.63, 3.8) is 0 Å². The number of carbonyl (C=O) groups excluding carboxylic acids is 1. The zero-order chi connectivity index (χ0) is 13.8. The van der Waals surface area contributed by atoms with Crippen LogP contribution in [0.25, 0.3) is 0 Å². The Kier molecular flexibility index (Phi) is 5.16. The summed E-state index contributed by atoms with van der Waals surface area (Å²) in [5.74, 6) is 0.255. The fourth-order valence-electron chi connectivity index (χ4n) is 2.14. The minimum Gasteiger partial charge on any atom is -0.354 e. The molecule has 1 rings (SSSR count). The number of sulfone groups is 1. The van der Waals surface area contributed by atoms with Gasteiger partial charge in [-0.2, -0.15) is 0 Å². The first kappa shape index (κ1) is 15.4. The molecule has 6 heteroatoms. The van der Waals surface area contributed by atoms with Crippen molar-refractivity contribution in [2.75, 3.05) is 18.1 Å². The van der Waals surface area contributed by atoms with Crippen molar-refractivity contribution in [2.24, 2.45) is 11.7 Å². The molecular formula is C12H24N2O3S. The molecule has 1 heterocycles. The molecule has 1 aliphatic heterocycles. The Hall–Kier alpha value is -0.620. The maximum absolute atomic E-state index is 11.7. The fraction of sp³-hybridized carbons (Fsp3) is 0.917. The van der Waals surface area contributed by atoms with Crippen LogP contribution in [0.2, 0.25) is 0 Å². The van der Waals surface area contributed by atoms with E-state index in [1.54, 1.807) is 0 Å². The Morgan fingerprint density at radius 1 is 1.39 bits per heavy atom. The summed E-state index contributed by atoms with van der Waals surface area (Å²) in [6.45, 7) is 4.46. The molecule has 1 fully saturated rings. The summed E-state index contributed by atoms with van der Waals surface area (Å²) in [6, 6.07) is 0. The monoisotopic (exact) mass is 276 g/mol. The van der Waals surface area contributed by atoms with Crippen molar-refractivity contribution in [3.8, 4) is 0 Å². The minimum atomic E-state index is -2.90. The highest BCUT2D eigenvalue weighted by molar-refractivity contribution is 7.91. The van der Waals surface area contributed by atoms with E-state index in [2.05, 4.69) is 5.32 Å². The Labute approximate surface area is 109 Å². The van der Waals surface area contributed by atoms with Crippen LogP contribution >= 0.6 is 0 Å². The summed E-state index contributed by atoms with van der Waals surface area (Å²) in [6.07, 6.45) is 2.51. The lowest BCUT2D eigenvalue weighted by Crippen LogP contribution is -2.49. The molecule has 0 aromatic heterocycles. The van der Waals surface area contributed by atoms with Gasteiger partial charge in [-0.25, -0.2) is 8.42 Å². The molecule has 1 saturated heterocycles. The first-order valence-corrected chi connectivity index (χ1v) is 8.38. The van der Waals surface area contributed by atoms with Crippen molar-refractivity contribution in [1.29, 1.82) is 0 Å². The van der Waals surface area contributed by atoms with Gasteiger partial charge in [0, 0.05) is 18.5 Å². The second-order valence-corrected chi connectivity index (χ2v) is 7.55. The van der Waals surface area contributed by atoms with E-state index >= 15 is 0 Å². The van der Waals surface area contributed by atoms with Crippen LogP contribution in [0.1, 0.15) is 39.5 Å². The number of hydrogen-bond donors (Lipinski definition) is 2. The molecule has 0 aromatic rings. The molecule has 106 valence electrons. The lowest BCUT2D eigenvalue weighted by molar-refractivity contribution is -0.122. The summed E-state index contributed by atoms with van der Waals surface area (Å²) in [4.78, 5) is 11.7. The Balaban J connectivity index is 2.35. The molecule has 18 heavy (non-hydrogen) atoms. The van der Waals surface area contributed by atoms with Gasteiger partial charge in [-0.3, -0.25) is 4.79 Å². The van der Waals surface area contributed by atoms with Gasteiger partial charge in [0.2, 0.25) is 5.91 Å². The van der Waals surface area contributed by atoms with Crippen LogP contribution in [0.4, 0.5) is 0 Å². The van der Waals surface area contributed by atoms with Gasteiger partial charge in [0.05, 0.1) is 11.5 Å². The molecule has 0 saturated carbocycles. The van der Waals surface area contributed by atoms with Gasteiger partial charge in [-0.05, 0) is 25.2 Å². The number of rotatable bonds is 6. The van der Waals surface area contributed by atoms with Crippen LogP contribution in [-0.4, -0.2) is 37.9 Å². The van der Waals surface area contributed by atoms with Crippen LogP contribution < -0.4 is 11.1 Å². The molecule has 0 aromatic carbocycles. The Morgan fingerprint density at radius 3 is 2.44 bits per heavy atom. The quantitative estimate of drug-likeness (QED) is 0.737. The van der Waals surface area contributed by atoms with Gasteiger partial charge in [0.15, 0.2) is 9.84 Å². The first-order valence-electron chi connectivity index (χ1n) is 6.56. The molecule has 3 N–H and O–H groups in total. The summed E-state index contributed by atoms with van der Waals surface area (Å²) < 4.78 is 22.6. The maximum atomic E-state index is 11.7. The molecule has 0 spiro atoms. The maximum Gasteiger partial charge on any atom is 0.220 e. The smallest absolute Gasteiger partial charge is 0.220 e. The van der Waals surface area contributed by atoms with E-state index in [4.69, 9.17) is 5.73 Å². The zero-order valence-electron chi connectivity index (χ0n) is 11.2. The highest BCUT2D eigenvalue weighted by Crippen LogP contribution is 2.21. The number of nitrogens with one attached hydrogen (secondary N) is 1. The average Bonchev–Trinajstić information content (AvgIpc) is 2.65. The van der Waals surface area contributed by atoms with Crippen molar-refractivity contribution >= 4 is 15.7 Å². The van der Waals surface area contributed by atoms with Gasteiger partial charge < -0.3 is 11.1 Å². The molecule has 5 nitrogen and oxygen atoms in total. The van der Waals surface area contributed by atoms with Crippen LogP contribution in [0, 0.1) is 5.92 Å². The third-order valence-electron chi connectivity index (χ3n) is 3.85. The first-order chi connectivity index (χ1) is 8.30. The van der Waals surface area contributed by atoms with Crippen molar-refractivity contribution in [3.05, 3.63) is 0 Å². The van der Waals surface area contributed by atoms with Crippen molar-refractivity contribution < 1.29 is 13.2 Å². The fourth-order valence-corrected chi connectivity index (χ4v) is 4.00. The highest BCUT2D eigenvalue weighted by atomic mass is 32.2. The van der Waals surface area contributed by atoms with Gasteiger partial charge in [-0.1, -0.05) is 13.8 Å². The summed E-state index contributed by atoms with van der Waals surface area (Å²) in [7, 11) is -2.90. The highest BCUT2D eigenvalue weighted by Gasteiger charge is 2.30. The summed E-state index contributed by atoms with van der Waals surface area (Å²) in [5.41, 5.74) is 5.74. The number of carbonyl (C=O) groups is 1. The van der Waals surface area contributed by atoms with Gasteiger partial charge >= 0.3 is 0 Å². The summed E-state index contributed by atoms with van der Waals surface area (Å²) in [5, 5.41) is 2.82. The van der Waals surface area contributed by atoms with Gasteiger partial charge in [0.25, 0.3) is 0 Å². The predicted molar refractivity (Wildman–Crippen MR) is 71.9 cm³/mol. The second kappa shape index (κ2) is 6.02. The van der Waals surface area contributed by atoms with Crippen LogP contribution in [-0.2, 0) is 14.6 Å². The minimum absolute atomic E-state index is 0.0228. The van der Waals surface area contributed by atoms with E-state index < -0.39 is 9.84 Å². The van der Waals surface area contributed by atoms with E-state index in [1.807, 2.05) is 13.8 Å². The molecule has 1 amide bonds. The van der Waals surface area contributed by atoms with Crippen molar-refractivity contribution in [1.82, 2.24) is 5.32 Å². The lowest BCUT2D eigenvalue weighted by atomic mass is 9.94. The Morgan fingerprint density at radius 2 is 2.00 bits per heavy atom. The third-order valence-corrected chi connectivity index (χ3v) is 5.68. The topological polar surface area (TPSA) is 89.3 Å². The molecule has 1 aliphatic rings. The van der Waals surface area contributed by atoms with E-state index in [1.165, 1.54) is 0 Å². The number of hydrogen-bond acceptors (Lipinski definition) is 4. The average molecular weight is 276 g/mol. The van der Waals surface area contributed by atoms with Crippen LogP contribution in [0.5, 0.6) is 0 Å². The zero-order valence-corrected chi connectivity index (χ0v) is 12.1. The van der Waals surface area contributed by atoms with Crippen LogP contribution in [0.15, 0.2) is 0 Å². The lowest BCUT2D eigenvalue weighted by Gasteiger charge is -2.27. The van der Waals surface area contributed by atoms with E-state index in [0.29, 0.717) is 19.4 Å².